The van der Waals surface area contributed by atoms with Gasteiger partial charge in [-0.3, -0.25) is 9.69 Å². The van der Waals surface area contributed by atoms with Crippen LogP contribution < -0.4 is 0 Å². The van der Waals surface area contributed by atoms with Crippen molar-refractivity contribution in [3.05, 3.63) is 33.5 Å². The summed E-state index contributed by atoms with van der Waals surface area (Å²) in [5, 5.41) is 0. The minimum absolute atomic E-state index is 0.122. The van der Waals surface area contributed by atoms with E-state index in [9.17, 15) is 4.79 Å². The van der Waals surface area contributed by atoms with E-state index in [-0.39, 0.29) is 5.91 Å². The van der Waals surface area contributed by atoms with Gasteiger partial charge in [0.2, 0.25) is 5.91 Å². The third kappa shape index (κ3) is 3.57. The second kappa shape index (κ2) is 6.36. The summed E-state index contributed by atoms with van der Waals surface area (Å²) in [6, 6.07) is 4.01. The molecule has 1 aromatic heterocycles. The van der Waals surface area contributed by atoms with Crippen molar-refractivity contribution in [3.63, 3.8) is 0 Å². The molecule has 5 heteroatoms. The van der Waals surface area contributed by atoms with Crippen molar-refractivity contribution >= 4 is 28.8 Å². The Balaban J connectivity index is 1.81. The van der Waals surface area contributed by atoms with Gasteiger partial charge in [-0.05, 0) is 25.1 Å². The Kier molecular flexibility index (Phi) is 4.80. The first-order chi connectivity index (χ1) is 8.69. The number of carbonyl (C=O) groups excluding carboxylic acids is 1. The van der Waals surface area contributed by atoms with Gasteiger partial charge in [-0.25, -0.2) is 0 Å². The summed E-state index contributed by atoms with van der Waals surface area (Å²) >= 11 is 7.55. The average molecular weight is 285 g/mol. The Bertz CT molecular complexity index is 436. The van der Waals surface area contributed by atoms with Crippen molar-refractivity contribution in [2.45, 2.75) is 13.5 Å². The van der Waals surface area contributed by atoms with Crippen LogP contribution in [0, 0.1) is 0 Å². The summed E-state index contributed by atoms with van der Waals surface area (Å²) in [7, 11) is 0. The van der Waals surface area contributed by atoms with E-state index in [2.05, 4.69) is 11.0 Å². The van der Waals surface area contributed by atoms with Gasteiger partial charge in [-0.1, -0.05) is 17.7 Å². The highest BCUT2D eigenvalue weighted by Gasteiger charge is 2.19. The zero-order valence-corrected chi connectivity index (χ0v) is 12.0. The summed E-state index contributed by atoms with van der Waals surface area (Å²) in [6.45, 7) is 6.28. The van der Waals surface area contributed by atoms with E-state index >= 15 is 0 Å². The zero-order valence-electron chi connectivity index (χ0n) is 10.4. The first-order valence-corrected chi connectivity index (χ1v) is 7.26. The Labute approximate surface area is 117 Å². The monoisotopic (exact) mass is 284 g/mol. The fraction of sp³-hybridized carbons (Fsp3) is 0.462. The molecule has 1 aliphatic heterocycles. The molecule has 2 rings (SSSR count). The number of halogens is 1. The lowest BCUT2D eigenvalue weighted by molar-refractivity contribution is -0.127. The molecule has 2 heterocycles. The zero-order chi connectivity index (χ0) is 13.0. The molecule has 0 unspecified atom stereocenters. The SMILES string of the molecule is C/C=C\C(=O)N1CCN(Cc2ccc(Cl)s2)CC1. The third-order valence-electron chi connectivity index (χ3n) is 3.00. The molecule has 98 valence electrons. The highest BCUT2D eigenvalue weighted by Crippen LogP contribution is 2.23. The van der Waals surface area contributed by atoms with Crippen LogP contribution in [0.15, 0.2) is 24.3 Å². The molecule has 1 saturated heterocycles. The molecule has 0 N–H and O–H groups in total. The minimum atomic E-state index is 0.122. The van der Waals surface area contributed by atoms with Gasteiger partial charge in [0.1, 0.15) is 0 Å². The quantitative estimate of drug-likeness (QED) is 0.797. The number of piperazine rings is 1. The molecule has 0 saturated carbocycles. The molecule has 0 aliphatic carbocycles. The van der Waals surface area contributed by atoms with Crippen LogP contribution in [-0.4, -0.2) is 41.9 Å². The molecule has 0 bridgehead atoms. The predicted molar refractivity (Wildman–Crippen MR) is 76.0 cm³/mol. The average Bonchev–Trinajstić information content (AvgIpc) is 2.76. The number of rotatable bonds is 3. The van der Waals surface area contributed by atoms with E-state index in [0.29, 0.717) is 0 Å². The minimum Gasteiger partial charge on any atom is -0.337 e. The van der Waals surface area contributed by atoms with E-state index in [1.165, 1.54) is 4.88 Å². The molecule has 1 fully saturated rings. The van der Waals surface area contributed by atoms with Crippen molar-refractivity contribution in [3.8, 4) is 0 Å². The highest BCUT2D eigenvalue weighted by atomic mass is 35.5. The van der Waals surface area contributed by atoms with Crippen LogP contribution in [0.4, 0.5) is 0 Å². The smallest absolute Gasteiger partial charge is 0.246 e. The van der Waals surface area contributed by atoms with Crippen molar-refractivity contribution in [2.75, 3.05) is 26.2 Å². The van der Waals surface area contributed by atoms with Gasteiger partial charge in [-0.15, -0.1) is 11.3 Å². The van der Waals surface area contributed by atoms with Crippen LogP contribution in [0.2, 0.25) is 4.34 Å². The van der Waals surface area contributed by atoms with Crippen LogP contribution >= 0.6 is 22.9 Å². The molecule has 3 nitrogen and oxygen atoms in total. The van der Waals surface area contributed by atoms with E-state index in [0.717, 1.165) is 37.1 Å². The molecule has 0 radical (unpaired) electrons. The van der Waals surface area contributed by atoms with Gasteiger partial charge in [0.25, 0.3) is 0 Å². The van der Waals surface area contributed by atoms with Gasteiger partial charge in [0, 0.05) is 37.6 Å². The number of thiophene rings is 1. The maximum atomic E-state index is 11.7. The lowest BCUT2D eigenvalue weighted by atomic mass is 10.3. The second-order valence-corrected chi connectivity index (χ2v) is 6.11. The van der Waals surface area contributed by atoms with Gasteiger partial charge in [0.15, 0.2) is 0 Å². The van der Waals surface area contributed by atoms with Gasteiger partial charge < -0.3 is 4.90 Å². The Morgan fingerprint density at radius 3 is 2.67 bits per heavy atom. The predicted octanol–water partition coefficient (Wildman–Crippen LogP) is 2.62. The van der Waals surface area contributed by atoms with Crippen LogP contribution in [-0.2, 0) is 11.3 Å². The summed E-state index contributed by atoms with van der Waals surface area (Å²) in [4.78, 5) is 17.2. The second-order valence-electron chi connectivity index (χ2n) is 4.31. The largest absolute Gasteiger partial charge is 0.337 e. The molecule has 0 spiro atoms. The standard InChI is InChI=1S/C13H17ClN2OS/c1-2-3-13(17)16-8-6-15(7-9-16)10-11-4-5-12(14)18-11/h2-5H,6-10H2,1H3/b3-2-. The first-order valence-electron chi connectivity index (χ1n) is 6.07. The number of amides is 1. The third-order valence-corrected chi connectivity index (χ3v) is 4.22. The summed E-state index contributed by atoms with van der Waals surface area (Å²) < 4.78 is 0.840. The topological polar surface area (TPSA) is 23.6 Å². The molecule has 1 aromatic rings. The maximum absolute atomic E-state index is 11.7. The van der Waals surface area contributed by atoms with Crippen LogP contribution in [0.1, 0.15) is 11.8 Å². The fourth-order valence-electron chi connectivity index (χ4n) is 2.03. The fourth-order valence-corrected chi connectivity index (χ4v) is 3.16. The molecule has 1 aliphatic rings. The summed E-state index contributed by atoms with van der Waals surface area (Å²) in [5.41, 5.74) is 0. The van der Waals surface area contributed by atoms with Crippen molar-refractivity contribution in [2.24, 2.45) is 0 Å². The van der Waals surface area contributed by atoms with E-state index in [1.807, 2.05) is 17.9 Å². The number of nitrogens with zero attached hydrogens (tertiary/aromatic N) is 2. The van der Waals surface area contributed by atoms with E-state index < -0.39 is 0 Å². The number of hydrogen-bond acceptors (Lipinski definition) is 3. The highest BCUT2D eigenvalue weighted by molar-refractivity contribution is 7.16. The number of hydrogen-bond donors (Lipinski definition) is 0. The molecule has 18 heavy (non-hydrogen) atoms. The first kappa shape index (κ1) is 13.6. The van der Waals surface area contributed by atoms with Gasteiger partial charge in [-0.2, -0.15) is 0 Å². The van der Waals surface area contributed by atoms with Gasteiger partial charge in [0.05, 0.1) is 4.34 Å². The lowest BCUT2D eigenvalue weighted by Crippen LogP contribution is -2.47. The Morgan fingerprint density at radius 1 is 1.39 bits per heavy atom. The molecule has 0 atom stereocenters. The van der Waals surface area contributed by atoms with Crippen molar-refractivity contribution in [1.29, 1.82) is 0 Å². The molecule has 0 aromatic carbocycles. The molecule has 1 amide bonds. The maximum Gasteiger partial charge on any atom is 0.246 e. The Morgan fingerprint density at radius 2 is 2.11 bits per heavy atom. The van der Waals surface area contributed by atoms with Crippen LogP contribution in [0.25, 0.3) is 0 Å². The van der Waals surface area contributed by atoms with E-state index in [1.54, 1.807) is 23.5 Å². The number of allylic oxidation sites excluding steroid dienone is 1. The van der Waals surface area contributed by atoms with Crippen LogP contribution in [0.5, 0.6) is 0 Å². The molecular formula is C13H17ClN2OS. The summed E-state index contributed by atoms with van der Waals surface area (Å²) in [5.74, 6) is 0.122. The van der Waals surface area contributed by atoms with Crippen molar-refractivity contribution in [1.82, 2.24) is 9.80 Å². The van der Waals surface area contributed by atoms with E-state index in [4.69, 9.17) is 11.6 Å². The number of carbonyl (C=O) groups is 1. The van der Waals surface area contributed by atoms with Crippen LogP contribution in [0.3, 0.4) is 0 Å². The Hall–Kier alpha value is -0.840. The normalized spacial score (nSPS) is 17.6. The van der Waals surface area contributed by atoms with Crippen molar-refractivity contribution < 1.29 is 4.79 Å². The summed E-state index contributed by atoms with van der Waals surface area (Å²) in [6.07, 6.45) is 3.43. The van der Waals surface area contributed by atoms with Gasteiger partial charge >= 0.3 is 0 Å². The molecular weight excluding hydrogens is 268 g/mol. The lowest BCUT2D eigenvalue weighted by Gasteiger charge is -2.33.